The van der Waals surface area contributed by atoms with Crippen LogP contribution in [0.25, 0.3) is 0 Å². The number of nitrogens with zero attached hydrogens (tertiary/aromatic N) is 1. The van der Waals surface area contributed by atoms with E-state index in [1.54, 1.807) is 12.1 Å². The molecule has 0 aliphatic carbocycles. The van der Waals surface area contributed by atoms with Crippen molar-refractivity contribution < 1.29 is 9.53 Å². The molecule has 3 atom stereocenters. The Morgan fingerprint density at radius 1 is 1.12 bits per heavy atom. The van der Waals surface area contributed by atoms with Crippen LogP contribution in [0.5, 0.6) is 5.75 Å². The molecule has 0 radical (unpaired) electrons. The van der Waals surface area contributed by atoms with Crippen LogP contribution in [0.15, 0.2) is 66.7 Å². The second kappa shape index (κ2) is 8.04. The molecule has 0 spiro atoms. The van der Waals surface area contributed by atoms with Gasteiger partial charge in [0.15, 0.2) is 10.8 Å². The summed E-state index contributed by atoms with van der Waals surface area (Å²) in [7, 11) is 0. The van der Waals surface area contributed by atoms with E-state index >= 15 is 0 Å². The predicted molar refractivity (Wildman–Crippen MR) is 136 cm³/mol. The van der Waals surface area contributed by atoms with Crippen LogP contribution in [-0.2, 0) is 4.79 Å². The number of amides is 1. The lowest BCUT2D eigenvalue weighted by Crippen LogP contribution is -2.72. The van der Waals surface area contributed by atoms with Crippen LogP contribution in [-0.4, -0.2) is 16.7 Å². The average molecular weight is 478 g/mol. The number of thiocarbonyl (C=S) groups is 1. The Bertz CT molecular complexity index is 1260. The minimum absolute atomic E-state index is 0.141. The maximum Gasteiger partial charge on any atom is 0.236 e. The highest BCUT2D eigenvalue weighted by Crippen LogP contribution is 2.49. The summed E-state index contributed by atoms with van der Waals surface area (Å²) in [5, 5.41) is 7.67. The van der Waals surface area contributed by atoms with E-state index in [2.05, 4.69) is 16.7 Å². The molecule has 2 aliphatic heterocycles. The second-order valence-electron chi connectivity index (χ2n) is 8.72. The summed E-state index contributed by atoms with van der Waals surface area (Å²) in [5.41, 5.74) is 3.58. The molecule has 5 nitrogen and oxygen atoms in total. The van der Waals surface area contributed by atoms with Crippen LogP contribution in [0.4, 0.5) is 11.4 Å². The van der Waals surface area contributed by atoms with Gasteiger partial charge in [-0.1, -0.05) is 47.5 Å². The topological polar surface area (TPSA) is 53.6 Å². The van der Waals surface area contributed by atoms with Gasteiger partial charge in [0.05, 0.1) is 6.04 Å². The number of hydrogen-bond acceptors (Lipinski definition) is 3. The van der Waals surface area contributed by atoms with E-state index in [4.69, 9.17) is 28.6 Å². The fourth-order valence-electron chi connectivity index (χ4n) is 4.87. The first-order valence-electron chi connectivity index (χ1n) is 10.8. The highest BCUT2D eigenvalue weighted by molar-refractivity contribution is 7.80. The van der Waals surface area contributed by atoms with Gasteiger partial charge in [-0.05, 0) is 75.0 Å². The number of hydrogen-bond donors (Lipinski definition) is 2. The van der Waals surface area contributed by atoms with E-state index in [1.165, 1.54) is 0 Å². The minimum Gasteiger partial charge on any atom is -0.467 e. The van der Waals surface area contributed by atoms with Crippen LogP contribution in [0.3, 0.4) is 0 Å². The van der Waals surface area contributed by atoms with Crippen LogP contribution in [0, 0.1) is 19.8 Å². The predicted octanol–water partition coefficient (Wildman–Crippen LogP) is 5.76. The average Bonchev–Trinajstić information content (AvgIpc) is 2.76. The first kappa shape index (κ1) is 21.7. The highest BCUT2D eigenvalue weighted by atomic mass is 35.5. The molecule has 2 heterocycles. The van der Waals surface area contributed by atoms with Crippen molar-refractivity contribution in [1.29, 1.82) is 0 Å². The van der Waals surface area contributed by atoms with Crippen molar-refractivity contribution >= 4 is 46.2 Å². The molecule has 1 fully saturated rings. The van der Waals surface area contributed by atoms with Crippen molar-refractivity contribution in [3.05, 3.63) is 88.4 Å². The van der Waals surface area contributed by atoms with Crippen LogP contribution < -0.4 is 20.3 Å². The molecular formula is C26H24ClN3O2S. The third kappa shape index (κ3) is 3.63. The van der Waals surface area contributed by atoms with Gasteiger partial charge in [0.1, 0.15) is 11.7 Å². The number of rotatable bonds is 3. The molecule has 2 bridgehead atoms. The largest absolute Gasteiger partial charge is 0.467 e. The van der Waals surface area contributed by atoms with Crippen LogP contribution in [0.2, 0.25) is 5.02 Å². The Balaban J connectivity index is 1.61. The summed E-state index contributed by atoms with van der Waals surface area (Å²) in [4.78, 5) is 15.7. The number of nitrogens with one attached hydrogen (secondary N) is 2. The van der Waals surface area contributed by atoms with Crippen LogP contribution in [0.1, 0.15) is 29.7 Å². The Labute approximate surface area is 203 Å². The molecule has 1 saturated heterocycles. The highest BCUT2D eigenvalue weighted by Gasteiger charge is 2.59. The monoisotopic (exact) mass is 477 g/mol. The maximum absolute atomic E-state index is 13.8. The SMILES string of the molecule is Cc1ccc(NC(=O)[C@H]2[C@@H]3NC(=S)N(c4ccc(Cl)cc4)[C@@]2(C)Oc2ccccc23)c(C)c1. The van der Waals surface area contributed by atoms with Gasteiger partial charge >= 0.3 is 0 Å². The normalized spacial score (nSPS) is 23.3. The number of aryl methyl sites for hydroxylation is 2. The second-order valence-corrected chi connectivity index (χ2v) is 9.54. The van der Waals surface area contributed by atoms with E-state index in [0.29, 0.717) is 10.1 Å². The summed E-state index contributed by atoms with van der Waals surface area (Å²) in [6.07, 6.45) is 0. The minimum atomic E-state index is -1.06. The molecule has 3 aromatic rings. The van der Waals surface area contributed by atoms with Gasteiger partial charge in [0.25, 0.3) is 0 Å². The lowest BCUT2D eigenvalue weighted by molar-refractivity contribution is -0.130. The van der Waals surface area contributed by atoms with Gasteiger partial charge < -0.3 is 15.4 Å². The third-order valence-corrected chi connectivity index (χ3v) is 6.97. The molecule has 7 heteroatoms. The summed E-state index contributed by atoms with van der Waals surface area (Å²) in [5.74, 6) is 0.00271. The van der Waals surface area contributed by atoms with Gasteiger partial charge in [-0.3, -0.25) is 9.69 Å². The van der Waals surface area contributed by atoms with E-state index in [0.717, 1.165) is 33.8 Å². The summed E-state index contributed by atoms with van der Waals surface area (Å²) >= 11 is 11.9. The van der Waals surface area contributed by atoms with Crippen molar-refractivity contribution in [3.8, 4) is 5.75 Å². The summed E-state index contributed by atoms with van der Waals surface area (Å²) < 4.78 is 6.58. The number of carbonyl (C=O) groups is 1. The van der Waals surface area contributed by atoms with Crippen molar-refractivity contribution in [2.75, 3.05) is 10.2 Å². The number of fused-ring (bicyclic) bond motifs is 4. The Morgan fingerprint density at radius 2 is 1.85 bits per heavy atom. The Kier molecular flexibility index (Phi) is 5.30. The van der Waals surface area contributed by atoms with Crippen LogP contribution >= 0.6 is 23.8 Å². The van der Waals surface area contributed by atoms with Crippen molar-refractivity contribution in [3.63, 3.8) is 0 Å². The molecule has 2 N–H and O–H groups in total. The fraction of sp³-hybridized carbons (Fsp3) is 0.231. The molecule has 3 aromatic carbocycles. The molecular weight excluding hydrogens is 454 g/mol. The smallest absolute Gasteiger partial charge is 0.236 e. The van der Waals surface area contributed by atoms with Crippen molar-refractivity contribution in [2.45, 2.75) is 32.5 Å². The molecule has 0 aromatic heterocycles. The number of halogens is 1. The first-order valence-corrected chi connectivity index (χ1v) is 11.6. The van der Waals surface area contributed by atoms with Crippen molar-refractivity contribution in [1.82, 2.24) is 5.32 Å². The van der Waals surface area contributed by atoms with Gasteiger partial charge in [0, 0.05) is 22.0 Å². The first-order chi connectivity index (χ1) is 15.8. The van der Waals surface area contributed by atoms with E-state index in [1.807, 2.05) is 74.2 Å². The quantitative estimate of drug-likeness (QED) is 0.470. The zero-order valence-electron chi connectivity index (χ0n) is 18.6. The van der Waals surface area contributed by atoms with Gasteiger partial charge in [0.2, 0.25) is 5.91 Å². The zero-order valence-corrected chi connectivity index (χ0v) is 20.1. The van der Waals surface area contributed by atoms with Gasteiger partial charge in [-0.15, -0.1) is 0 Å². The lowest BCUT2D eigenvalue weighted by atomic mass is 9.78. The van der Waals surface area contributed by atoms with E-state index in [-0.39, 0.29) is 11.9 Å². The number of anilines is 2. The fourth-order valence-corrected chi connectivity index (χ4v) is 5.41. The Morgan fingerprint density at radius 3 is 2.58 bits per heavy atom. The molecule has 5 rings (SSSR count). The molecule has 0 saturated carbocycles. The van der Waals surface area contributed by atoms with E-state index < -0.39 is 11.6 Å². The number of para-hydroxylation sites is 1. The molecule has 2 aliphatic rings. The lowest BCUT2D eigenvalue weighted by Gasteiger charge is -2.56. The van der Waals surface area contributed by atoms with Gasteiger partial charge in [-0.2, -0.15) is 0 Å². The van der Waals surface area contributed by atoms with Crippen molar-refractivity contribution in [2.24, 2.45) is 5.92 Å². The molecule has 0 unspecified atom stereocenters. The van der Waals surface area contributed by atoms with E-state index in [9.17, 15) is 4.79 Å². The number of carbonyl (C=O) groups excluding carboxylic acids is 1. The summed E-state index contributed by atoms with van der Waals surface area (Å²) in [6, 6.07) is 20.8. The zero-order chi connectivity index (χ0) is 23.3. The summed E-state index contributed by atoms with van der Waals surface area (Å²) in [6.45, 7) is 5.94. The standard InChI is InChI=1S/C26H24ClN3O2S/c1-15-8-13-20(16(2)14-15)28-24(31)22-23-19-6-4-5-7-21(19)32-26(22,3)30(25(33)29-23)18-11-9-17(27)10-12-18/h4-14,22-23H,1-3H3,(H,28,31)(H,29,33)/t22-,23-,26+/m1/s1. The third-order valence-electron chi connectivity index (χ3n) is 6.41. The van der Waals surface area contributed by atoms with Gasteiger partial charge in [-0.25, -0.2) is 0 Å². The molecule has 168 valence electrons. The molecule has 33 heavy (non-hydrogen) atoms. The number of benzene rings is 3. The number of ether oxygens (including phenoxy) is 1. The molecule has 1 amide bonds. The Hall–Kier alpha value is -3.09. The maximum atomic E-state index is 13.8.